The molecule has 0 aliphatic carbocycles. The highest BCUT2D eigenvalue weighted by atomic mass is 16.1. The van der Waals surface area contributed by atoms with Gasteiger partial charge in [0.2, 0.25) is 5.91 Å². The number of aromatic nitrogens is 3. The van der Waals surface area contributed by atoms with Crippen molar-refractivity contribution < 1.29 is 4.79 Å². The molecule has 2 aromatic heterocycles. The lowest BCUT2D eigenvalue weighted by molar-refractivity contribution is -0.116. The lowest BCUT2D eigenvalue weighted by Crippen LogP contribution is -2.22. The lowest BCUT2D eigenvalue weighted by atomic mass is 10.2. The molecule has 0 saturated carbocycles. The molecule has 0 radical (unpaired) electrons. The number of nitrogens with one attached hydrogen (secondary N) is 1. The molecule has 0 bridgehead atoms. The molecule has 3 rings (SSSR count). The normalized spacial score (nSPS) is 11.2. The number of carbonyl (C=O) groups excluding carboxylic acids is 1. The van der Waals surface area contributed by atoms with Crippen LogP contribution >= 0.6 is 0 Å². The molecule has 24 heavy (non-hydrogen) atoms. The third-order valence-electron chi connectivity index (χ3n) is 3.87. The second-order valence-electron chi connectivity index (χ2n) is 5.59. The predicted molar refractivity (Wildman–Crippen MR) is 95.3 cm³/mol. The van der Waals surface area contributed by atoms with Crippen LogP contribution in [0.4, 0.5) is 0 Å². The Morgan fingerprint density at radius 2 is 2.12 bits per heavy atom. The summed E-state index contributed by atoms with van der Waals surface area (Å²) in [6, 6.07) is 11.8. The van der Waals surface area contributed by atoms with Crippen LogP contribution in [0.25, 0.3) is 17.1 Å². The van der Waals surface area contributed by atoms with Crippen molar-refractivity contribution in [3.63, 3.8) is 0 Å². The van der Waals surface area contributed by atoms with E-state index in [1.54, 1.807) is 18.5 Å². The number of imidazole rings is 1. The molecule has 1 amide bonds. The molecule has 5 nitrogen and oxygen atoms in total. The molecule has 0 fully saturated rings. The van der Waals surface area contributed by atoms with Gasteiger partial charge in [0.15, 0.2) is 0 Å². The monoisotopic (exact) mass is 320 g/mol. The van der Waals surface area contributed by atoms with Crippen molar-refractivity contribution in [2.24, 2.45) is 7.05 Å². The van der Waals surface area contributed by atoms with Crippen molar-refractivity contribution in [3.8, 4) is 0 Å². The molecule has 0 atom stereocenters. The summed E-state index contributed by atoms with van der Waals surface area (Å²) in [5, 5.41) is 2.89. The molecule has 0 saturated heterocycles. The molecule has 1 aromatic carbocycles. The maximum absolute atomic E-state index is 11.8. The zero-order valence-electron chi connectivity index (χ0n) is 13.6. The minimum Gasteiger partial charge on any atom is -0.353 e. The first kappa shape index (κ1) is 15.9. The van der Waals surface area contributed by atoms with E-state index in [4.69, 9.17) is 0 Å². The molecular weight excluding hydrogens is 300 g/mol. The number of carbonyl (C=O) groups is 1. The van der Waals surface area contributed by atoms with Gasteiger partial charge in [0, 0.05) is 38.5 Å². The standard InChI is InChI=1S/C19H20N4O/c1-23-17-8-3-2-7-16(17)22-18(23)9-5-13-21-19(24)11-10-15-6-4-12-20-14-15/h2-4,6-8,10-12,14H,5,9,13H2,1H3,(H,21,24)/b11-10+. The van der Waals surface area contributed by atoms with Gasteiger partial charge in [0.25, 0.3) is 0 Å². The van der Waals surface area contributed by atoms with Crippen LogP contribution in [0.5, 0.6) is 0 Å². The van der Waals surface area contributed by atoms with Gasteiger partial charge in [0.1, 0.15) is 5.82 Å². The number of hydrogen-bond donors (Lipinski definition) is 1. The summed E-state index contributed by atoms with van der Waals surface area (Å²) >= 11 is 0. The van der Waals surface area contributed by atoms with Crippen LogP contribution in [0.3, 0.4) is 0 Å². The van der Waals surface area contributed by atoms with E-state index in [9.17, 15) is 4.79 Å². The number of hydrogen-bond acceptors (Lipinski definition) is 3. The van der Waals surface area contributed by atoms with E-state index in [-0.39, 0.29) is 5.91 Å². The van der Waals surface area contributed by atoms with Crippen molar-refractivity contribution in [2.75, 3.05) is 6.54 Å². The third-order valence-corrected chi connectivity index (χ3v) is 3.87. The topological polar surface area (TPSA) is 59.8 Å². The molecule has 0 spiro atoms. The first-order valence-electron chi connectivity index (χ1n) is 8.00. The molecule has 122 valence electrons. The van der Waals surface area contributed by atoms with Crippen LogP contribution in [-0.4, -0.2) is 27.0 Å². The molecule has 3 aromatic rings. The molecule has 5 heteroatoms. The van der Waals surface area contributed by atoms with Gasteiger partial charge in [-0.3, -0.25) is 9.78 Å². The van der Waals surface area contributed by atoms with Gasteiger partial charge in [-0.1, -0.05) is 18.2 Å². The van der Waals surface area contributed by atoms with Crippen LogP contribution in [0.1, 0.15) is 17.8 Å². The second kappa shape index (κ2) is 7.55. The van der Waals surface area contributed by atoms with Gasteiger partial charge in [-0.15, -0.1) is 0 Å². The summed E-state index contributed by atoms with van der Waals surface area (Å²) in [6.07, 6.45) is 8.40. The van der Waals surface area contributed by atoms with Crippen LogP contribution in [0.15, 0.2) is 54.9 Å². The summed E-state index contributed by atoms with van der Waals surface area (Å²) in [5.41, 5.74) is 3.06. The predicted octanol–water partition coefficient (Wildman–Crippen LogP) is 2.73. The summed E-state index contributed by atoms with van der Waals surface area (Å²) < 4.78 is 2.11. The SMILES string of the molecule is Cn1c(CCCNC(=O)/C=C/c2cccnc2)nc2ccccc21. The van der Waals surface area contributed by atoms with Crippen molar-refractivity contribution in [1.29, 1.82) is 0 Å². The number of amides is 1. The zero-order valence-corrected chi connectivity index (χ0v) is 13.6. The van der Waals surface area contributed by atoms with E-state index < -0.39 is 0 Å². The zero-order chi connectivity index (χ0) is 16.8. The highest BCUT2D eigenvalue weighted by Crippen LogP contribution is 2.14. The van der Waals surface area contributed by atoms with E-state index in [0.29, 0.717) is 6.54 Å². The Morgan fingerprint density at radius 3 is 2.92 bits per heavy atom. The van der Waals surface area contributed by atoms with E-state index in [2.05, 4.69) is 25.9 Å². The van der Waals surface area contributed by atoms with Gasteiger partial charge < -0.3 is 9.88 Å². The van der Waals surface area contributed by atoms with Gasteiger partial charge in [0.05, 0.1) is 11.0 Å². The van der Waals surface area contributed by atoms with E-state index in [0.717, 1.165) is 35.3 Å². The fourth-order valence-corrected chi connectivity index (χ4v) is 2.58. The number of rotatable bonds is 6. The maximum Gasteiger partial charge on any atom is 0.244 e. The van der Waals surface area contributed by atoms with Crippen molar-refractivity contribution >= 4 is 23.0 Å². The highest BCUT2D eigenvalue weighted by molar-refractivity contribution is 5.91. The maximum atomic E-state index is 11.8. The number of para-hydroxylation sites is 2. The fraction of sp³-hybridized carbons (Fsp3) is 0.211. The number of aryl methyl sites for hydroxylation is 2. The molecule has 1 N–H and O–H groups in total. The highest BCUT2D eigenvalue weighted by Gasteiger charge is 2.06. The second-order valence-corrected chi connectivity index (χ2v) is 5.59. The third kappa shape index (κ3) is 3.87. The van der Waals surface area contributed by atoms with Gasteiger partial charge >= 0.3 is 0 Å². The van der Waals surface area contributed by atoms with Crippen LogP contribution in [0.2, 0.25) is 0 Å². The van der Waals surface area contributed by atoms with Gasteiger partial charge in [-0.25, -0.2) is 4.98 Å². The Bertz CT molecular complexity index is 852. The molecule has 0 aliphatic rings. The molecule has 2 heterocycles. The summed E-state index contributed by atoms with van der Waals surface area (Å²) in [5.74, 6) is 0.945. The Balaban J connectivity index is 1.47. The minimum absolute atomic E-state index is 0.0937. The smallest absolute Gasteiger partial charge is 0.244 e. The average Bonchev–Trinajstić information content (AvgIpc) is 2.94. The van der Waals surface area contributed by atoms with E-state index in [1.165, 1.54) is 6.08 Å². The summed E-state index contributed by atoms with van der Waals surface area (Å²) in [4.78, 5) is 20.4. The fourth-order valence-electron chi connectivity index (χ4n) is 2.58. The minimum atomic E-state index is -0.0937. The molecule has 0 unspecified atom stereocenters. The first-order valence-corrected chi connectivity index (χ1v) is 8.00. The van der Waals surface area contributed by atoms with Crippen LogP contribution in [0, 0.1) is 0 Å². The molecular formula is C19H20N4O. The number of fused-ring (bicyclic) bond motifs is 1. The summed E-state index contributed by atoms with van der Waals surface area (Å²) in [7, 11) is 2.03. The Hall–Kier alpha value is -2.95. The Kier molecular flexibility index (Phi) is 5.01. The van der Waals surface area contributed by atoms with Gasteiger partial charge in [-0.05, 0) is 36.3 Å². The Morgan fingerprint density at radius 1 is 1.25 bits per heavy atom. The number of nitrogens with zero attached hydrogens (tertiary/aromatic N) is 3. The van der Waals surface area contributed by atoms with Crippen molar-refractivity contribution in [1.82, 2.24) is 19.9 Å². The lowest BCUT2D eigenvalue weighted by Gasteiger charge is -2.03. The number of pyridine rings is 1. The first-order chi connectivity index (χ1) is 11.7. The van der Waals surface area contributed by atoms with Crippen molar-refractivity contribution in [2.45, 2.75) is 12.8 Å². The number of benzene rings is 1. The van der Waals surface area contributed by atoms with E-state index in [1.807, 2.05) is 37.4 Å². The summed E-state index contributed by atoms with van der Waals surface area (Å²) in [6.45, 7) is 0.624. The van der Waals surface area contributed by atoms with Crippen LogP contribution < -0.4 is 5.32 Å². The van der Waals surface area contributed by atoms with E-state index >= 15 is 0 Å². The molecule has 0 aliphatic heterocycles. The quantitative estimate of drug-likeness (QED) is 0.561. The average molecular weight is 320 g/mol. The van der Waals surface area contributed by atoms with Crippen LogP contribution in [-0.2, 0) is 18.3 Å². The van der Waals surface area contributed by atoms with Gasteiger partial charge in [-0.2, -0.15) is 0 Å². The Labute approximate surface area is 141 Å². The van der Waals surface area contributed by atoms with Crippen molar-refractivity contribution in [3.05, 3.63) is 66.3 Å². The largest absolute Gasteiger partial charge is 0.353 e.